The molecule has 0 spiro atoms. The molecule has 8 heteroatoms. The number of rotatable bonds is 6. The molecule has 1 aromatic rings. The molecule has 0 aliphatic carbocycles. The summed E-state index contributed by atoms with van der Waals surface area (Å²) < 4.78 is 0. The molecule has 0 bridgehead atoms. The number of aryl methyl sites for hydroxylation is 1. The zero-order valence-electron chi connectivity index (χ0n) is 9.83. The third kappa shape index (κ3) is 2.92. The van der Waals surface area contributed by atoms with Gasteiger partial charge in [0, 0.05) is 6.07 Å². The standard InChI is InChI=1S/C10H15N3O5/c1-7-2-8(13(17)18)3-11-9(7)12-10(4-14,5-15)6-16/h2-3,14-16H,4-6H2,1H3,(H,11,12). The molecule has 100 valence electrons. The predicted molar refractivity (Wildman–Crippen MR) is 63.2 cm³/mol. The van der Waals surface area contributed by atoms with Gasteiger partial charge in [0.2, 0.25) is 0 Å². The fourth-order valence-corrected chi connectivity index (χ4v) is 1.31. The number of hydrogen-bond donors (Lipinski definition) is 4. The summed E-state index contributed by atoms with van der Waals surface area (Å²) in [7, 11) is 0. The Morgan fingerprint density at radius 2 is 1.94 bits per heavy atom. The van der Waals surface area contributed by atoms with E-state index >= 15 is 0 Å². The van der Waals surface area contributed by atoms with Crippen LogP contribution in [0.15, 0.2) is 12.3 Å². The number of aromatic nitrogens is 1. The van der Waals surface area contributed by atoms with Crippen molar-refractivity contribution in [3.63, 3.8) is 0 Å². The van der Waals surface area contributed by atoms with E-state index in [2.05, 4.69) is 10.3 Å². The van der Waals surface area contributed by atoms with E-state index < -0.39 is 30.3 Å². The van der Waals surface area contributed by atoms with Crippen LogP contribution in [0.1, 0.15) is 5.56 Å². The molecule has 0 saturated carbocycles. The van der Waals surface area contributed by atoms with Crippen molar-refractivity contribution in [3.05, 3.63) is 27.9 Å². The predicted octanol–water partition coefficient (Wildman–Crippen LogP) is -0.574. The number of pyridine rings is 1. The first-order valence-corrected chi connectivity index (χ1v) is 5.20. The highest BCUT2D eigenvalue weighted by atomic mass is 16.6. The largest absolute Gasteiger partial charge is 0.394 e. The number of aliphatic hydroxyl groups is 3. The van der Waals surface area contributed by atoms with Gasteiger partial charge in [0.25, 0.3) is 5.69 Å². The number of nitro groups is 1. The smallest absolute Gasteiger partial charge is 0.287 e. The molecule has 8 nitrogen and oxygen atoms in total. The third-order valence-electron chi connectivity index (χ3n) is 2.57. The van der Waals surface area contributed by atoms with E-state index in [0.717, 1.165) is 6.20 Å². The highest BCUT2D eigenvalue weighted by Crippen LogP contribution is 2.21. The van der Waals surface area contributed by atoms with Crippen LogP contribution >= 0.6 is 0 Å². The summed E-state index contributed by atoms with van der Waals surface area (Å²) in [5.74, 6) is 0.262. The SMILES string of the molecule is Cc1cc([N+](=O)[O-])cnc1NC(CO)(CO)CO. The van der Waals surface area contributed by atoms with Crippen molar-refractivity contribution in [1.82, 2.24) is 4.98 Å². The Balaban J connectivity index is 3.01. The van der Waals surface area contributed by atoms with Crippen LogP contribution < -0.4 is 5.32 Å². The van der Waals surface area contributed by atoms with Crippen LogP contribution in [0.4, 0.5) is 11.5 Å². The van der Waals surface area contributed by atoms with Gasteiger partial charge in [0.15, 0.2) is 0 Å². The number of nitrogens with one attached hydrogen (secondary N) is 1. The highest BCUT2D eigenvalue weighted by molar-refractivity contribution is 5.50. The minimum atomic E-state index is -1.31. The number of hydrogen-bond acceptors (Lipinski definition) is 7. The minimum Gasteiger partial charge on any atom is -0.394 e. The van der Waals surface area contributed by atoms with Crippen molar-refractivity contribution in [1.29, 1.82) is 0 Å². The second-order valence-electron chi connectivity index (χ2n) is 4.00. The Kier molecular flexibility index (Phi) is 4.54. The average molecular weight is 257 g/mol. The van der Waals surface area contributed by atoms with Crippen molar-refractivity contribution >= 4 is 11.5 Å². The van der Waals surface area contributed by atoms with Gasteiger partial charge in [-0.15, -0.1) is 0 Å². The van der Waals surface area contributed by atoms with Gasteiger partial charge in [-0.05, 0) is 12.5 Å². The lowest BCUT2D eigenvalue weighted by atomic mass is 10.0. The molecular formula is C10H15N3O5. The Bertz CT molecular complexity index is 425. The summed E-state index contributed by atoms with van der Waals surface area (Å²) in [6.45, 7) is 0.0908. The molecule has 0 aliphatic rings. The molecule has 0 aromatic carbocycles. The molecule has 4 N–H and O–H groups in total. The summed E-state index contributed by atoms with van der Waals surface area (Å²) in [5, 5.41) is 40.7. The van der Waals surface area contributed by atoms with Gasteiger partial charge in [-0.3, -0.25) is 10.1 Å². The van der Waals surface area contributed by atoms with E-state index in [-0.39, 0.29) is 11.5 Å². The summed E-state index contributed by atoms with van der Waals surface area (Å²) in [6, 6.07) is 1.31. The van der Waals surface area contributed by atoms with Gasteiger partial charge in [-0.1, -0.05) is 0 Å². The number of anilines is 1. The van der Waals surface area contributed by atoms with Crippen LogP contribution in [-0.2, 0) is 0 Å². The van der Waals surface area contributed by atoms with Crippen LogP contribution in [0, 0.1) is 17.0 Å². The highest BCUT2D eigenvalue weighted by Gasteiger charge is 2.29. The van der Waals surface area contributed by atoms with E-state index in [0.29, 0.717) is 5.56 Å². The zero-order chi connectivity index (χ0) is 13.8. The average Bonchev–Trinajstić information content (AvgIpc) is 2.38. The topological polar surface area (TPSA) is 129 Å². The van der Waals surface area contributed by atoms with Crippen molar-refractivity contribution in [2.75, 3.05) is 25.1 Å². The maximum atomic E-state index is 10.5. The molecule has 0 unspecified atom stereocenters. The second-order valence-corrected chi connectivity index (χ2v) is 4.00. The molecule has 1 rings (SSSR count). The lowest BCUT2D eigenvalue weighted by molar-refractivity contribution is -0.385. The van der Waals surface area contributed by atoms with Crippen LogP contribution in [0.5, 0.6) is 0 Å². The van der Waals surface area contributed by atoms with Gasteiger partial charge in [0.05, 0.1) is 24.7 Å². The Morgan fingerprint density at radius 1 is 1.39 bits per heavy atom. The molecular weight excluding hydrogens is 242 g/mol. The van der Waals surface area contributed by atoms with Gasteiger partial charge >= 0.3 is 0 Å². The minimum absolute atomic E-state index is 0.152. The van der Waals surface area contributed by atoms with Crippen molar-refractivity contribution < 1.29 is 20.2 Å². The monoisotopic (exact) mass is 257 g/mol. The van der Waals surface area contributed by atoms with Gasteiger partial charge in [-0.2, -0.15) is 0 Å². The van der Waals surface area contributed by atoms with Gasteiger partial charge in [0.1, 0.15) is 17.6 Å². The van der Waals surface area contributed by atoms with Crippen LogP contribution in [-0.4, -0.2) is 50.6 Å². The molecule has 0 amide bonds. The Hall–Kier alpha value is -1.77. The molecule has 0 radical (unpaired) electrons. The lowest BCUT2D eigenvalue weighted by Gasteiger charge is -2.29. The summed E-state index contributed by atoms with van der Waals surface area (Å²) in [4.78, 5) is 13.8. The molecule has 1 aromatic heterocycles. The fraction of sp³-hybridized carbons (Fsp3) is 0.500. The van der Waals surface area contributed by atoms with Crippen molar-refractivity contribution in [2.24, 2.45) is 0 Å². The maximum absolute atomic E-state index is 10.5. The first kappa shape index (κ1) is 14.3. The first-order valence-electron chi connectivity index (χ1n) is 5.20. The van der Waals surface area contributed by atoms with Crippen molar-refractivity contribution in [3.8, 4) is 0 Å². The molecule has 18 heavy (non-hydrogen) atoms. The summed E-state index contributed by atoms with van der Waals surface area (Å²) in [6.07, 6.45) is 1.06. The van der Waals surface area contributed by atoms with Crippen LogP contribution in [0.2, 0.25) is 0 Å². The molecule has 0 aliphatic heterocycles. The summed E-state index contributed by atoms with van der Waals surface area (Å²) in [5.41, 5.74) is -0.988. The van der Waals surface area contributed by atoms with Crippen LogP contribution in [0.3, 0.4) is 0 Å². The quantitative estimate of drug-likeness (QED) is 0.396. The van der Waals surface area contributed by atoms with Crippen molar-refractivity contribution in [2.45, 2.75) is 12.5 Å². The van der Waals surface area contributed by atoms with Crippen LogP contribution in [0.25, 0.3) is 0 Å². The third-order valence-corrected chi connectivity index (χ3v) is 2.57. The maximum Gasteiger partial charge on any atom is 0.287 e. The van der Waals surface area contributed by atoms with E-state index in [1.54, 1.807) is 6.92 Å². The van der Waals surface area contributed by atoms with E-state index in [1.165, 1.54) is 6.07 Å². The van der Waals surface area contributed by atoms with E-state index in [1.807, 2.05) is 0 Å². The Morgan fingerprint density at radius 3 is 2.33 bits per heavy atom. The van der Waals surface area contributed by atoms with E-state index in [9.17, 15) is 10.1 Å². The molecule has 0 saturated heterocycles. The zero-order valence-corrected chi connectivity index (χ0v) is 9.83. The molecule has 0 fully saturated rings. The molecule has 1 heterocycles. The normalized spacial score (nSPS) is 11.3. The summed E-state index contributed by atoms with van der Waals surface area (Å²) >= 11 is 0. The molecule has 0 atom stereocenters. The first-order chi connectivity index (χ1) is 8.48. The van der Waals surface area contributed by atoms with Gasteiger partial charge < -0.3 is 20.6 Å². The fourth-order valence-electron chi connectivity index (χ4n) is 1.31. The van der Waals surface area contributed by atoms with E-state index in [4.69, 9.17) is 15.3 Å². The second kappa shape index (κ2) is 5.71. The lowest BCUT2D eigenvalue weighted by Crippen LogP contribution is -2.49. The van der Waals surface area contributed by atoms with Gasteiger partial charge in [-0.25, -0.2) is 4.98 Å². The number of nitrogens with zero attached hydrogens (tertiary/aromatic N) is 2. The Labute approximate surface area is 103 Å². The number of aliphatic hydroxyl groups excluding tert-OH is 3.